The number of amides is 1. The molecule has 4 nitrogen and oxygen atoms in total. The maximum absolute atomic E-state index is 11.8. The van der Waals surface area contributed by atoms with Crippen LogP contribution in [0.5, 0.6) is 0 Å². The fraction of sp³-hybridized carbons (Fsp3) is 0.533. The second kappa shape index (κ2) is 7.26. The molecular weight excluding hydrogens is 240 g/mol. The number of rotatable bonds is 6. The molecule has 0 aromatic heterocycles. The summed E-state index contributed by atoms with van der Waals surface area (Å²) < 4.78 is 5.51. The highest BCUT2D eigenvalue weighted by Gasteiger charge is 2.17. The van der Waals surface area contributed by atoms with Crippen molar-refractivity contribution < 1.29 is 9.53 Å². The van der Waals surface area contributed by atoms with Crippen LogP contribution in [0, 0.1) is 0 Å². The summed E-state index contributed by atoms with van der Waals surface area (Å²) in [6.07, 6.45) is 4.00. The molecule has 3 N–H and O–H groups in total. The molecule has 1 fully saturated rings. The Hall–Kier alpha value is -1.39. The molecule has 0 bridgehead atoms. The lowest BCUT2D eigenvalue weighted by molar-refractivity contribution is -0.122. The first kappa shape index (κ1) is 14.0. The van der Waals surface area contributed by atoms with Crippen LogP contribution >= 0.6 is 0 Å². The van der Waals surface area contributed by atoms with Gasteiger partial charge >= 0.3 is 0 Å². The third-order valence-corrected chi connectivity index (χ3v) is 3.42. The number of carbonyl (C=O) groups is 1. The summed E-state index contributed by atoms with van der Waals surface area (Å²) in [5, 5.41) is 2.89. The van der Waals surface area contributed by atoms with Gasteiger partial charge in [0.05, 0.1) is 12.1 Å². The van der Waals surface area contributed by atoms with Gasteiger partial charge in [0.25, 0.3) is 0 Å². The summed E-state index contributed by atoms with van der Waals surface area (Å²) in [6, 6.07) is 9.36. The fourth-order valence-electron chi connectivity index (χ4n) is 2.32. The zero-order chi connectivity index (χ0) is 13.5. The van der Waals surface area contributed by atoms with E-state index in [1.165, 1.54) is 0 Å². The van der Waals surface area contributed by atoms with Crippen molar-refractivity contribution in [1.29, 1.82) is 0 Å². The van der Waals surface area contributed by atoms with Crippen LogP contribution in [0.2, 0.25) is 0 Å². The molecule has 0 spiro atoms. The van der Waals surface area contributed by atoms with Gasteiger partial charge in [-0.1, -0.05) is 30.3 Å². The van der Waals surface area contributed by atoms with E-state index in [-0.39, 0.29) is 5.91 Å². The van der Waals surface area contributed by atoms with Crippen LogP contribution in [0.15, 0.2) is 30.3 Å². The van der Waals surface area contributed by atoms with Crippen molar-refractivity contribution in [3.05, 3.63) is 35.9 Å². The summed E-state index contributed by atoms with van der Waals surface area (Å²) in [5.41, 5.74) is 6.99. The van der Waals surface area contributed by atoms with E-state index in [1.807, 2.05) is 30.3 Å². The van der Waals surface area contributed by atoms with Crippen molar-refractivity contribution >= 4 is 5.91 Å². The predicted molar refractivity (Wildman–Crippen MR) is 74.7 cm³/mol. The normalized spacial score (nSPS) is 20.2. The van der Waals surface area contributed by atoms with Gasteiger partial charge in [-0.3, -0.25) is 4.79 Å². The van der Waals surface area contributed by atoms with E-state index in [4.69, 9.17) is 10.5 Å². The Balaban J connectivity index is 1.67. The standard InChI is InChI=1S/C15H22N2O2/c16-14(11-12-5-2-1-3-6-12)15(18)17-9-8-13-7-4-10-19-13/h1-3,5-6,13-14H,4,7-11,16H2,(H,17,18). The molecule has 2 rings (SSSR count). The van der Waals surface area contributed by atoms with Crippen molar-refractivity contribution in [2.75, 3.05) is 13.2 Å². The lowest BCUT2D eigenvalue weighted by Gasteiger charge is -2.14. The highest BCUT2D eigenvalue weighted by Crippen LogP contribution is 2.14. The van der Waals surface area contributed by atoms with Crippen molar-refractivity contribution in [3.63, 3.8) is 0 Å². The Labute approximate surface area is 114 Å². The van der Waals surface area contributed by atoms with Gasteiger partial charge in [-0.05, 0) is 31.2 Å². The SMILES string of the molecule is NC(Cc1ccccc1)C(=O)NCCC1CCCO1. The maximum atomic E-state index is 11.8. The van der Waals surface area contributed by atoms with Crippen molar-refractivity contribution in [3.8, 4) is 0 Å². The minimum atomic E-state index is -0.480. The van der Waals surface area contributed by atoms with Gasteiger partial charge in [0.1, 0.15) is 0 Å². The highest BCUT2D eigenvalue weighted by atomic mass is 16.5. The monoisotopic (exact) mass is 262 g/mol. The van der Waals surface area contributed by atoms with E-state index in [0.29, 0.717) is 19.1 Å². The number of carbonyl (C=O) groups excluding carboxylic acids is 1. The Morgan fingerprint density at radius 2 is 2.21 bits per heavy atom. The van der Waals surface area contributed by atoms with Gasteiger partial charge in [0, 0.05) is 13.2 Å². The lowest BCUT2D eigenvalue weighted by atomic mass is 10.1. The molecule has 4 heteroatoms. The minimum Gasteiger partial charge on any atom is -0.378 e. The first-order valence-electron chi connectivity index (χ1n) is 6.94. The largest absolute Gasteiger partial charge is 0.378 e. The number of benzene rings is 1. The van der Waals surface area contributed by atoms with Crippen LogP contribution in [-0.4, -0.2) is 31.2 Å². The van der Waals surface area contributed by atoms with E-state index >= 15 is 0 Å². The van der Waals surface area contributed by atoms with Crippen LogP contribution < -0.4 is 11.1 Å². The average molecular weight is 262 g/mol. The van der Waals surface area contributed by atoms with Crippen molar-refractivity contribution in [2.45, 2.75) is 37.8 Å². The lowest BCUT2D eigenvalue weighted by Crippen LogP contribution is -2.42. The molecule has 0 saturated carbocycles. The van der Waals surface area contributed by atoms with E-state index in [2.05, 4.69) is 5.32 Å². The summed E-state index contributed by atoms with van der Waals surface area (Å²) in [6.45, 7) is 1.50. The second-order valence-corrected chi connectivity index (χ2v) is 5.01. The maximum Gasteiger partial charge on any atom is 0.237 e. The van der Waals surface area contributed by atoms with E-state index in [0.717, 1.165) is 31.4 Å². The Morgan fingerprint density at radius 3 is 2.89 bits per heavy atom. The van der Waals surface area contributed by atoms with Gasteiger partial charge in [-0.15, -0.1) is 0 Å². The zero-order valence-electron chi connectivity index (χ0n) is 11.2. The van der Waals surface area contributed by atoms with E-state index in [9.17, 15) is 4.79 Å². The molecule has 1 aromatic carbocycles. The molecule has 2 atom stereocenters. The third-order valence-electron chi connectivity index (χ3n) is 3.42. The van der Waals surface area contributed by atoms with Crippen LogP contribution in [0.3, 0.4) is 0 Å². The van der Waals surface area contributed by atoms with Gasteiger partial charge in [-0.25, -0.2) is 0 Å². The van der Waals surface area contributed by atoms with Crippen LogP contribution in [0.4, 0.5) is 0 Å². The molecule has 1 heterocycles. The average Bonchev–Trinajstić information content (AvgIpc) is 2.93. The number of hydrogen-bond donors (Lipinski definition) is 2. The topological polar surface area (TPSA) is 64.4 Å². The summed E-state index contributed by atoms with van der Waals surface area (Å²) >= 11 is 0. The molecule has 1 aromatic rings. The first-order valence-corrected chi connectivity index (χ1v) is 6.94. The molecule has 1 amide bonds. The highest BCUT2D eigenvalue weighted by molar-refractivity contribution is 5.81. The third kappa shape index (κ3) is 4.65. The van der Waals surface area contributed by atoms with Crippen LogP contribution in [-0.2, 0) is 16.0 Å². The van der Waals surface area contributed by atoms with Crippen LogP contribution in [0.25, 0.3) is 0 Å². The smallest absolute Gasteiger partial charge is 0.237 e. The molecule has 0 aliphatic carbocycles. The second-order valence-electron chi connectivity index (χ2n) is 5.01. The first-order chi connectivity index (χ1) is 9.25. The van der Waals surface area contributed by atoms with Crippen LogP contribution in [0.1, 0.15) is 24.8 Å². The van der Waals surface area contributed by atoms with Gasteiger partial charge < -0.3 is 15.8 Å². The van der Waals surface area contributed by atoms with E-state index < -0.39 is 6.04 Å². The molecule has 1 aliphatic heterocycles. The summed E-state index contributed by atoms with van der Waals surface area (Å²) in [5.74, 6) is -0.0816. The van der Waals surface area contributed by atoms with Gasteiger partial charge in [0.15, 0.2) is 0 Å². The Bertz CT molecular complexity index is 388. The Kier molecular flexibility index (Phi) is 5.36. The quantitative estimate of drug-likeness (QED) is 0.810. The Morgan fingerprint density at radius 1 is 1.42 bits per heavy atom. The predicted octanol–water partition coefficient (Wildman–Crippen LogP) is 1.24. The minimum absolute atomic E-state index is 0.0816. The molecule has 0 radical (unpaired) electrons. The number of hydrogen-bond acceptors (Lipinski definition) is 3. The number of ether oxygens (including phenoxy) is 1. The van der Waals surface area contributed by atoms with E-state index in [1.54, 1.807) is 0 Å². The molecular formula is C15H22N2O2. The van der Waals surface area contributed by atoms with Gasteiger partial charge in [-0.2, -0.15) is 0 Å². The van der Waals surface area contributed by atoms with Crippen molar-refractivity contribution in [1.82, 2.24) is 5.32 Å². The number of nitrogens with two attached hydrogens (primary N) is 1. The molecule has 1 saturated heterocycles. The molecule has 1 aliphatic rings. The summed E-state index contributed by atoms with van der Waals surface area (Å²) in [4.78, 5) is 11.8. The molecule has 2 unspecified atom stereocenters. The fourth-order valence-corrected chi connectivity index (χ4v) is 2.32. The summed E-state index contributed by atoms with van der Waals surface area (Å²) in [7, 11) is 0. The van der Waals surface area contributed by atoms with Gasteiger partial charge in [0.2, 0.25) is 5.91 Å². The molecule has 19 heavy (non-hydrogen) atoms. The van der Waals surface area contributed by atoms with Crippen molar-refractivity contribution in [2.24, 2.45) is 5.73 Å². The molecule has 104 valence electrons. The zero-order valence-corrected chi connectivity index (χ0v) is 11.2. The number of nitrogens with one attached hydrogen (secondary N) is 1.